The van der Waals surface area contributed by atoms with Crippen LogP contribution in [0.15, 0.2) is 4.79 Å². The molecule has 1 amide bonds. The van der Waals surface area contributed by atoms with Crippen LogP contribution in [0.5, 0.6) is 0 Å². The number of aryl methyl sites for hydroxylation is 2. The van der Waals surface area contributed by atoms with Crippen LogP contribution >= 0.6 is 23.1 Å². The number of H-pyrrole nitrogens is 1. The number of likely N-dealkylation sites (tertiary alicyclic amines) is 1. The van der Waals surface area contributed by atoms with Gasteiger partial charge in [-0.15, -0.1) is 23.1 Å². The third-order valence-electron chi connectivity index (χ3n) is 4.77. The Hall–Kier alpha value is -1.34. The van der Waals surface area contributed by atoms with Crippen LogP contribution in [-0.4, -0.2) is 39.6 Å². The van der Waals surface area contributed by atoms with E-state index >= 15 is 0 Å². The zero-order valence-corrected chi connectivity index (χ0v) is 16.9. The Labute approximate surface area is 156 Å². The van der Waals surface area contributed by atoms with Gasteiger partial charge in [-0.05, 0) is 37.7 Å². The number of nitrogens with zero attached hydrogens (tertiary/aromatic N) is 2. The van der Waals surface area contributed by atoms with Crippen LogP contribution in [0.4, 0.5) is 0 Å². The highest BCUT2D eigenvalue weighted by molar-refractivity contribution is 7.99. The largest absolute Gasteiger partial charge is 0.341 e. The molecule has 2 atom stereocenters. The molecule has 136 valence electrons. The number of carbonyl (C=O) groups is 1. The van der Waals surface area contributed by atoms with E-state index in [9.17, 15) is 9.59 Å². The van der Waals surface area contributed by atoms with Crippen LogP contribution in [-0.2, 0) is 10.5 Å². The Kier molecular flexibility index (Phi) is 5.53. The second-order valence-corrected chi connectivity index (χ2v) is 9.40. The zero-order chi connectivity index (χ0) is 18.1. The van der Waals surface area contributed by atoms with E-state index in [1.807, 2.05) is 18.7 Å². The molecule has 25 heavy (non-hydrogen) atoms. The lowest BCUT2D eigenvalue weighted by molar-refractivity contribution is -0.130. The van der Waals surface area contributed by atoms with Gasteiger partial charge in [0.15, 0.2) is 0 Å². The monoisotopic (exact) mass is 379 g/mol. The van der Waals surface area contributed by atoms with E-state index in [2.05, 4.69) is 23.8 Å². The molecule has 1 saturated heterocycles. The lowest BCUT2D eigenvalue weighted by Gasteiger charge is -2.35. The number of hydrogen-bond donors (Lipinski definition) is 1. The topological polar surface area (TPSA) is 66.1 Å². The van der Waals surface area contributed by atoms with Gasteiger partial charge in [-0.2, -0.15) is 0 Å². The van der Waals surface area contributed by atoms with Crippen molar-refractivity contribution < 1.29 is 4.79 Å². The summed E-state index contributed by atoms with van der Waals surface area (Å²) < 4.78 is 0. The van der Waals surface area contributed by atoms with E-state index in [1.54, 1.807) is 11.3 Å². The number of rotatable bonds is 4. The molecule has 5 nitrogen and oxygen atoms in total. The van der Waals surface area contributed by atoms with Gasteiger partial charge in [-0.3, -0.25) is 9.59 Å². The zero-order valence-electron chi connectivity index (χ0n) is 15.2. The minimum absolute atomic E-state index is 0.0764. The number of thioether (sulfide) groups is 1. The van der Waals surface area contributed by atoms with Gasteiger partial charge in [0.1, 0.15) is 10.7 Å². The van der Waals surface area contributed by atoms with Gasteiger partial charge in [0.2, 0.25) is 5.91 Å². The Morgan fingerprint density at radius 3 is 2.68 bits per heavy atom. The van der Waals surface area contributed by atoms with Gasteiger partial charge in [0, 0.05) is 18.0 Å². The van der Waals surface area contributed by atoms with Crippen LogP contribution < -0.4 is 5.56 Å². The smallest absolute Gasteiger partial charge is 0.259 e. The van der Waals surface area contributed by atoms with E-state index in [1.165, 1.54) is 18.2 Å². The number of thiophene rings is 1. The highest BCUT2D eigenvalue weighted by Gasteiger charge is 2.25. The summed E-state index contributed by atoms with van der Waals surface area (Å²) in [4.78, 5) is 36.0. The molecule has 0 unspecified atom stereocenters. The second-order valence-electron chi connectivity index (χ2n) is 7.21. The number of fused-ring (bicyclic) bond motifs is 1. The first-order valence-corrected chi connectivity index (χ1v) is 10.7. The van der Waals surface area contributed by atoms with Crippen molar-refractivity contribution in [2.75, 3.05) is 18.8 Å². The second kappa shape index (κ2) is 7.50. The highest BCUT2D eigenvalue weighted by atomic mass is 32.2. The number of hydrogen-bond acceptors (Lipinski definition) is 5. The van der Waals surface area contributed by atoms with Gasteiger partial charge in [0.05, 0.1) is 16.9 Å². The SMILES string of the molecule is Cc1sc2nc(CSCC(=O)N3C[C@@H](C)C[C@H](C)C3)[nH]c(=O)c2c1C. The summed E-state index contributed by atoms with van der Waals surface area (Å²) in [7, 11) is 0. The lowest BCUT2D eigenvalue weighted by atomic mass is 9.92. The highest BCUT2D eigenvalue weighted by Crippen LogP contribution is 2.26. The van der Waals surface area contributed by atoms with Gasteiger partial charge < -0.3 is 9.88 Å². The normalized spacial score (nSPS) is 21.0. The minimum atomic E-state index is -0.0764. The fourth-order valence-electron chi connectivity index (χ4n) is 3.56. The molecule has 7 heteroatoms. The molecular weight excluding hydrogens is 354 g/mol. The molecule has 2 aromatic rings. The summed E-state index contributed by atoms with van der Waals surface area (Å²) in [5.74, 6) is 2.97. The van der Waals surface area contributed by atoms with Gasteiger partial charge in [-0.25, -0.2) is 4.98 Å². The molecule has 1 aliphatic heterocycles. The number of piperidine rings is 1. The van der Waals surface area contributed by atoms with Gasteiger partial charge in [0.25, 0.3) is 5.56 Å². The fourth-order valence-corrected chi connectivity index (χ4v) is 5.40. The standard InChI is InChI=1S/C18H25N3O2S2/c1-10-5-11(2)7-21(6-10)15(22)9-24-8-14-19-17(23)16-12(3)13(4)25-18(16)20-14/h10-11H,5-9H2,1-4H3,(H,19,20,23)/t10-,11-/m0/s1. The van der Waals surface area contributed by atoms with Crippen molar-refractivity contribution in [1.29, 1.82) is 0 Å². The molecule has 0 aliphatic carbocycles. The van der Waals surface area contributed by atoms with E-state index in [0.717, 1.165) is 28.4 Å². The molecule has 1 fully saturated rings. The van der Waals surface area contributed by atoms with Crippen molar-refractivity contribution in [3.05, 3.63) is 26.6 Å². The average molecular weight is 380 g/mol. The Balaban J connectivity index is 1.61. The molecule has 0 bridgehead atoms. The average Bonchev–Trinajstić information content (AvgIpc) is 2.81. The third-order valence-corrected chi connectivity index (χ3v) is 6.80. The molecule has 0 saturated carbocycles. The Bertz CT molecular complexity index is 833. The number of aromatic nitrogens is 2. The van der Waals surface area contributed by atoms with Crippen molar-refractivity contribution in [1.82, 2.24) is 14.9 Å². The summed E-state index contributed by atoms with van der Waals surface area (Å²) in [6.07, 6.45) is 1.20. The molecule has 3 heterocycles. The van der Waals surface area contributed by atoms with Crippen LogP contribution in [0.2, 0.25) is 0 Å². The number of carbonyl (C=O) groups excluding carboxylic acids is 1. The Morgan fingerprint density at radius 2 is 2.00 bits per heavy atom. The van der Waals surface area contributed by atoms with Crippen LogP contribution in [0.25, 0.3) is 10.2 Å². The van der Waals surface area contributed by atoms with Crippen molar-refractivity contribution in [3.8, 4) is 0 Å². The molecule has 0 spiro atoms. The molecular formula is C18H25N3O2S2. The molecule has 2 aromatic heterocycles. The number of amides is 1. The first-order chi connectivity index (χ1) is 11.8. The summed E-state index contributed by atoms with van der Waals surface area (Å²) >= 11 is 3.07. The third kappa shape index (κ3) is 4.08. The minimum Gasteiger partial charge on any atom is -0.341 e. The maximum absolute atomic E-state index is 12.4. The molecule has 1 aliphatic rings. The summed E-state index contributed by atoms with van der Waals surface area (Å²) in [5, 5.41) is 0.698. The first kappa shape index (κ1) is 18.5. The molecule has 0 radical (unpaired) electrons. The quantitative estimate of drug-likeness (QED) is 0.885. The fraction of sp³-hybridized carbons (Fsp3) is 0.611. The van der Waals surface area contributed by atoms with Crippen molar-refractivity contribution in [3.63, 3.8) is 0 Å². The maximum Gasteiger partial charge on any atom is 0.259 e. The van der Waals surface area contributed by atoms with Gasteiger partial charge >= 0.3 is 0 Å². The van der Waals surface area contributed by atoms with Crippen molar-refractivity contribution >= 4 is 39.2 Å². The van der Waals surface area contributed by atoms with E-state index in [4.69, 9.17) is 0 Å². The number of nitrogens with one attached hydrogen (secondary N) is 1. The van der Waals surface area contributed by atoms with E-state index in [-0.39, 0.29) is 11.5 Å². The van der Waals surface area contributed by atoms with E-state index in [0.29, 0.717) is 34.6 Å². The van der Waals surface area contributed by atoms with Gasteiger partial charge in [-0.1, -0.05) is 13.8 Å². The Morgan fingerprint density at radius 1 is 1.32 bits per heavy atom. The number of aromatic amines is 1. The van der Waals surface area contributed by atoms with Crippen LogP contribution in [0, 0.1) is 25.7 Å². The molecule has 3 rings (SSSR count). The predicted molar refractivity (Wildman–Crippen MR) is 105 cm³/mol. The molecule has 1 N–H and O–H groups in total. The first-order valence-electron chi connectivity index (χ1n) is 8.69. The summed E-state index contributed by atoms with van der Waals surface area (Å²) in [6, 6.07) is 0. The lowest BCUT2D eigenvalue weighted by Crippen LogP contribution is -2.43. The van der Waals surface area contributed by atoms with Crippen LogP contribution in [0.3, 0.4) is 0 Å². The van der Waals surface area contributed by atoms with Crippen LogP contribution in [0.1, 0.15) is 36.5 Å². The van der Waals surface area contributed by atoms with Crippen molar-refractivity contribution in [2.45, 2.75) is 39.9 Å². The van der Waals surface area contributed by atoms with Crippen molar-refractivity contribution in [2.24, 2.45) is 11.8 Å². The maximum atomic E-state index is 12.4. The summed E-state index contributed by atoms with van der Waals surface area (Å²) in [5.41, 5.74) is 0.934. The predicted octanol–water partition coefficient (Wildman–Crippen LogP) is 3.34. The summed E-state index contributed by atoms with van der Waals surface area (Å²) in [6.45, 7) is 10.1. The van der Waals surface area contributed by atoms with E-state index < -0.39 is 0 Å². The molecule has 0 aromatic carbocycles.